The van der Waals surface area contributed by atoms with Crippen molar-refractivity contribution in [3.63, 3.8) is 0 Å². The molecule has 0 N–H and O–H groups in total. The number of methoxy groups -OCH3 is 1. The van der Waals surface area contributed by atoms with Gasteiger partial charge in [0.1, 0.15) is 5.75 Å². The molecule has 0 saturated carbocycles. The Labute approximate surface area is 304 Å². The lowest BCUT2D eigenvalue weighted by Crippen LogP contribution is -2.11. The molecule has 0 spiro atoms. The van der Waals surface area contributed by atoms with Crippen molar-refractivity contribution in [2.24, 2.45) is 0 Å². The lowest BCUT2D eigenvalue weighted by Gasteiger charge is -2.28. The number of ether oxygens (including phenoxy) is 1. The van der Waals surface area contributed by atoms with Gasteiger partial charge in [0.2, 0.25) is 0 Å². The van der Waals surface area contributed by atoms with E-state index in [1.54, 1.807) is 7.11 Å². The van der Waals surface area contributed by atoms with Crippen LogP contribution >= 0.6 is 0 Å². The van der Waals surface area contributed by atoms with Crippen molar-refractivity contribution in [3.8, 4) is 16.9 Å². The molecular formula is C49H36N2O. The smallest absolute Gasteiger partial charge is 0.128 e. The van der Waals surface area contributed by atoms with Crippen LogP contribution in [-0.4, -0.2) is 7.11 Å². The molecule has 0 radical (unpaired) electrons. The molecule has 0 heterocycles. The van der Waals surface area contributed by atoms with E-state index in [2.05, 4.69) is 210 Å². The third kappa shape index (κ3) is 5.69. The quantitative estimate of drug-likeness (QED) is 0.160. The van der Waals surface area contributed by atoms with Gasteiger partial charge in [-0.25, -0.2) is 0 Å². The van der Waals surface area contributed by atoms with E-state index in [4.69, 9.17) is 4.74 Å². The van der Waals surface area contributed by atoms with Crippen LogP contribution in [0.15, 0.2) is 200 Å². The SMILES string of the molecule is COc1cc(N(c2ccccc2)c2ccc3ccccc3c2)ccc1-c1ccc(N(c2ccccc2)c2ccc3ccccc3c2)c2ccccc12. The molecule has 0 fully saturated rings. The van der Waals surface area contributed by atoms with Crippen LogP contribution in [0.3, 0.4) is 0 Å². The maximum atomic E-state index is 6.20. The number of benzene rings is 9. The molecule has 0 atom stereocenters. The summed E-state index contributed by atoms with van der Waals surface area (Å²) in [6, 6.07) is 71.2. The first-order valence-corrected chi connectivity index (χ1v) is 17.6. The summed E-state index contributed by atoms with van der Waals surface area (Å²) in [4.78, 5) is 4.65. The zero-order chi connectivity index (χ0) is 34.9. The molecule has 9 aromatic carbocycles. The van der Waals surface area contributed by atoms with Crippen molar-refractivity contribution in [2.75, 3.05) is 16.9 Å². The van der Waals surface area contributed by atoms with Gasteiger partial charge in [0, 0.05) is 45.5 Å². The predicted octanol–water partition coefficient (Wildman–Crippen LogP) is 13.8. The van der Waals surface area contributed by atoms with Crippen molar-refractivity contribution in [3.05, 3.63) is 200 Å². The van der Waals surface area contributed by atoms with Crippen LogP contribution in [0.2, 0.25) is 0 Å². The fourth-order valence-electron chi connectivity index (χ4n) is 7.41. The highest BCUT2D eigenvalue weighted by atomic mass is 16.5. The molecule has 0 aromatic heterocycles. The molecule has 0 saturated heterocycles. The molecule has 0 bridgehead atoms. The van der Waals surface area contributed by atoms with Crippen LogP contribution < -0.4 is 14.5 Å². The molecular weight excluding hydrogens is 633 g/mol. The third-order valence-electron chi connectivity index (χ3n) is 9.89. The van der Waals surface area contributed by atoms with Gasteiger partial charge in [-0.15, -0.1) is 0 Å². The summed E-state index contributed by atoms with van der Waals surface area (Å²) in [6.07, 6.45) is 0. The first-order valence-electron chi connectivity index (χ1n) is 17.6. The average molecular weight is 669 g/mol. The number of nitrogens with zero attached hydrogens (tertiary/aromatic N) is 2. The molecule has 9 aromatic rings. The highest BCUT2D eigenvalue weighted by Crippen LogP contribution is 2.46. The second-order valence-corrected chi connectivity index (χ2v) is 13.0. The summed E-state index contributed by atoms with van der Waals surface area (Å²) in [7, 11) is 1.76. The van der Waals surface area contributed by atoms with Crippen molar-refractivity contribution in [1.29, 1.82) is 0 Å². The topological polar surface area (TPSA) is 15.7 Å². The van der Waals surface area contributed by atoms with Crippen LogP contribution in [0.25, 0.3) is 43.4 Å². The van der Waals surface area contributed by atoms with Crippen molar-refractivity contribution < 1.29 is 4.74 Å². The Morgan fingerprint density at radius 3 is 1.40 bits per heavy atom. The number of hydrogen-bond acceptors (Lipinski definition) is 3. The fourth-order valence-corrected chi connectivity index (χ4v) is 7.41. The number of fused-ring (bicyclic) bond motifs is 3. The van der Waals surface area contributed by atoms with Crippen LogP contribution in [0.4, 0.5) is 34.1 Å². The van der Waals surface area contributed by atoms with Gasteiger partial charge in [0.05, 0.1) is 12.8 Å². The molecule has 3 heteroatoms. The maximum absolute atomic E-state index is 6.20. The van der Waals surface area contributed by atoms with E-state index < -0.39 is 0 Å². The number of hydrogen-bond donors (Lipinski definition) is 0. The Bertz CT molecular complexity index is 2690. The zero-order valence-electron chi connectivity index (χ0n) is 28.9. The number of anilines is 6. The molecule has 248 valence electrons. The third-order valence-corrected chi connectivity index (χ3v) is 9.89. The first kappa shape index (κ1) is 31.2. The minimum atomic E-state index is 0.812. The van der Waals surface area contributed by atoms with Gasteiger partial charge >= 0.3 is 0 Å². The Hall–Kier alpha value is -6.84. The second kappa shape index (κ2) is 13.5. The Balaban J connectivity index is 1.18. The number of rotatable bonds is 8. The van der Waals surface area contributed by atoms with E-state index in [1.165, 1.54) is 21.5 Å². The predicted molar refractivity (Wildman–Crippen MR) is 220 cm³/mol. The summed E-state index contributed by atoms with van der Waals surface area (Å²) in [5, 5.41) is 7.16. The largest absolute Gasteiger partial charge is 0.496 e. The maximum Gasteiger partial charge on any atom is 0.128 e. The van der Waals surface area contributed by atoms with E-state index in [0.717, 1.165) is 61.8 Å². The Morgan fingerprint density at radius 2 is 0.788 bits per heavy atom. The lowest BCUT2D eigenvalue weighted by molar-refractivity contribution is 0.416. The van der Waals surface area contributed by atoms with E-state index in [1.807, 2.05) is 0 Å². The molecule has 0 aliphatic carbocycles. The molecule has 3 nitrogen and oxygen atoms in total. The van der Waals surface area contributed by atoms with Crippen LogP contribution in [0.1, 0.15) is 0 Å². The Kier molecular flexibility index (Phi) is 8.07. The fraction of sp³-hybridized carbons (Fsp3) is 0.0204. The van der Waals surface area contributed by atoms with Crippen molar-refractivity contribution in [2.45, 2.75) is 0 Å². The molecule has 0 aliphatic heterocycles. The minimum Gasteiger partial charge on any atom is -0.496 e. The van der Waals surface area contributed by atoms with Crippen LogP contribution in [0.5, 0.6) is 5.75 Å². The highest BCUT2D eigenvalue weighted by Gasteiger charge is 2.20. The zero-order valence-corrected chi connectivity index (χ0v) is 28.9. The normalized spacial score (nSPS) is 11.2. The monoisotopic (exact) mass is 668 g/mol. The standard InChI is InChI=1S/C49H36N2O/c1-52-49-34-43(50(39-18-4-2-5-19-39)41-26-24-35-14-8-10-16-37(35)32-41)28-29-47(49)45-30-31-48(46-23-13-12-22-44(45)46)51(40-20-6-3-7-21-40)42-27-25-36-15-9-11-17-38(36)33-42/h2-34H,1H3. The highest BCUT2D eigenvalue weighted by molar-refractivity contribution is 6.07. The van der Waals surface area contributed by atoms with Crippen molar-refractivity contribution in [1.82, 2.24) is 0 Å². The molecule has 0 unspecified atom stereocenters. The molecule has 9 rings (SSSR count). The summed E-state index contributed by atoms with van der Waals surface area (Å²) in [6.45, 7) is 0. The summed E-state index contributed by atoms with van der Waals surface area (Å²) in [5.74, 6) is 0.812. The minimum absolute atomic E-state index is 0.812. The van der Waals surface area contributed by atoms with Gasteiger partial charge in [-0.1, -0.05) is 127 Å². The van der Waals surface area contributed by atoms with E-state index in [9.17, 15) is 0 Å². The summed E-state index contributed by atoms with van der Waals surface area (Å²) < 4.78 is 6.20. The summed E-state index contributed by atoms with van der Waals surface area (Å²) in [5.41, 5.74) is 8.68. The van der Waals surface area contributed by atoms with Gasteiger partial charge < -0.3 is 14.5 Å². The van der Waals surface area contributed by atoms with Crippen LogP contribution in [-0.2, 0) is 0 Å². The van der Waals surface area contributed by atoms with E-state index in [0.29, 0.717) is 0 Å². The van der Waals surface area contributed by atoms with Gasteiger partial charge in [-0.3, -0.25) is 0 Å². The van der Waals surface area contributed by atoms with Gasteiger partial charge in [-0.2, -0.15) is 0 Å². The Morgan fingerprint density at radius 1 is 0.327 bits per heavy atom. The second-order valence-electron chi connectivity index (χ2n) is 13.0. The number of para-hydroxylation sites is 2. The van der Waals surface area contributed by atoms with Crippen molar-refractivity contribution >= 4 is 66.4 Å². The van der Waals surface area contributed by atoms with E-state index >= 15 is 0 Å². The van der Waals surface area contributed by atoms with Crippen LogP contribution in [0, 0.1) is 0 Å². The first-order chi connectivity index (χ1) is 25.7. The molecule has 0 amide bonds. The average Bonchev–Trinajstić information content (AvgIpc) is 3.22. The van der Waals surface area contributed by atoms with Gasteiger partial charge in [0.25, 0.3) is 0 Å². The van der Waals surface area contributed by atoms with Gasteiger partial charge in [0.15, 0.2) is 0 Å². The van der Waals surface area contributed by atoms with E-state index in [-0.39, 0.29) is 0 Å². The van der Waals surface area contributed by atoms with Gasteiger partial charge in [-0.05, 0) is 99.2 Å². The molecule has 0 aliphatic rings. The molecule has 52 heavy (non-hydrogen) atoms. The summed E-state index contributed by atoms with van der Waals surface area (Å²) >= 11 is 0. The lowest BCUT2D eigenvalue weighted by atomic mass is 9.95.